The maximum atomic E-state index is 12.6. The first-order valence-corrected chi connectivity index (χ1v) is 9.55. The van der Waals surface area contributed by atoms with Crippen LogP contribution in [0, 0.1) is 6.92 Å². The van der Waals surface area contributed by atoms with E-state index in [4.69, 9.17) is 4.74 Å². The zero-order chi connectivity index (χ0) is 22.0. The molecule has 0 saturated carbocycles. The highest BCUT2D eigenvalue weighted by Gasteiger charge is 2.19. The Morgan fingerprint density at radius 3 is 2.45 bits per heavy atom. The van der Waals surface area contributed by atoms with Crippen LogP contribution in [0.5, 0.6) is 17.4 Å². The Bertz CT molecular complexity index is 1240. The number of fused-ring (bicyclic) bond motifs is 1. The van der Waals surface area contributed by atoms with Gasteiger partial charge in [-0.1, -0.05) is 30.3 Å². The Hall–Kier alpha value is -3.87. The average Bonchev–Trinajstić information content (AvgIpc) is 2.99. The fourth-order valence-corrected chi connectivity index (χ4v) is 3.52. The number of ether oxygens (including phenoxy) is 2. The average molecular weight is 423 g/mol. The van der Waals surface area contributed by atoms with Gasteiger partial charge in [-0.2, -0.15) is 8.78 Å². The molecule has 0 aliphatic heterocycles. The number of carbonyl (C=O) groups is 1. The van der Waals surface area contributed by atoms with E-state index >= 15 is 0 Å². The van der Waals surface area contributed by atoms with Gasteiger partial charge in [-0.25, -0.2) is 4.79 Å². The molecule has 3 aromatic carbocycles. The van der Waals surface area contributed by atoms with E-state index in [1.165, 1.54) is 12.1 Å². The predicted octanol–water partition coefficient (Wildman–Crippen LogP) is 6.09. The molecule has 0 spiro atoms. The lowest BCUT2D eigenvalue weighted by Crippen LogP contribution is -2.05. The molecular weight excluding hydrogens is 404 g/mol. The number of hydrogen-bond acceptors (Lipinski definition) is 3. The molecular formula is C24H19F2NO4. The number of aromatic nitrogens is 1. The van der Waals surface area contributed by atoms with Gasteiger partial charge in [0.05, 0.1) is 17.6 Å². The van der Waals surface area contributed by atoms with E-state index in [0.29, 0.717) is 18.2 Å². The molecule has 4 rings (SSSR count). The van der Waals surface area contributed by atoms with Gasteiger partial charge in [0.15, 0.2) is 0 Å². The Morgan fingerprint density at radius 1 is 1.00 bits per heavy atom. The van der Waals surface area contributed by atoms with Crippen LogP contribution in [0.2, 0.25) is 0 Å². The lowest BCUT2D eigenvalue weighted by molar-refractivity contribution is -0.0498. The fourth-order valence-electron chi connectivity index (χ4n) is 3.52. The molecule has 0 unspecified atom stereocenters. The molecule has 7 heteroatoms. The summed E-state index contributed by atoms with van der Waals surface area (Å²) in [6.45, 7) is -0.727. The third-order valence-electron chi connectivity index (χ3n) is 4.93. The van der Waals surface area contributed by atoms with Crippen LogP contribution < -0.4 is 9.47 Å². The van der Waals surface area contributed by atoms with E-state index in [9.17, 15) is 18.7 Å². The number of para-hydroxylation sites is 1. The summed E-state index contributed by atoms with van der Waals surface area (Å²) < 4.78 is 37.8. The summed E-state index contributed by atoms with van der Waals surface area (Å²) in [7, 11) is 0. The number of aromatic carboxylic acids is 1. The van der Waals surface area contributed by atoms with E-state index in [1.54, 1.807) is 30.3 Å². The van der Waals surface area contributed by atoms with Crippen LogP contribution in [0.15, 0.2) is 72.8 Å². The van der Waals surface area contributed by atoms with Crippen molar-refractivity contribution >= 4 is 16.9 Å². The van der Waals surface area contributed by atoms with Gasteiger partial charge < -0.3 is 19.1 Å². The van der Waals surface area contributed by atoms with Gasteiger partial charge in [-0.15, -0.1) is 0 Å². The van der Waals surface area contributed by atoms with Gasteiger partial charge in [0.25, 0.3) is 0 Å². The molecule has 0 aliphatic rings. The molecule has 0 bridgehead atoms. The van der Waals surface area contributed by atoms with Crippen molar-refractivity contribution < 1.29 is 28.2 Å². The Kier molecular flexibility index (Phi) is 5.58. The number of rotatable bonds is 7. The molecule has 0 amide bonds. The van der Waals surface area contributed by atoms with Crippen LogP contribution in [0.1, 0.15) is 21.5 Å². The summed E-state index contributed by atoms with van der Waals surface area (Å²) in [6, 6.07) is 20.6. The molecule has 158 valence electrons. The highest BCUT2D eigenvalue weighted by Crippen LogP contribution is 2.36. The zero-order valence-corrected chi connectivity index (χ0v) is 16.6. The number of nitrogens with zero attached hydrogens (tertiary/aromatic N) is 1. The lowest BCUT2D eigenvalue weighted by Gasteiger charge is -2.14. The molecule has 5 nitrogen and oxygen atoms in total. The first-order valence-electron chi connectivity index (χ1n) is 9.55. The molecule has 4 aromatic rings. The second kappa shape index (κ2) is 8.47. The monoisotopic (exact) mass is 423 g/mol. The molecule has 31 heavy (non-hydrogen) atoms. The standard InChI is InChI=1S/C24H19F2NO4/c1-15-20-13-17(23(28)29)10-11-21(20)27(22(15)30-18-7-3-2-4-8-18)14-16-6-5-9-19(12-16)31-24(25)26/h2-13,24H,14H2,1H3,(H,28,29). The SMILES string of the molecule is Cc1c(Oc2ccccc2)n(Cc2cccc(OC(F)F)c2)c2ccc(C(=O)O)cc12. The van der Waals surface area contributed by atoms with Crippen molar-refractivity contribution in [3.8, 4) is 17.4 Å². The number of carboxylic acid groups (broad SMARTS) is 1. The van der Waals surface area contributed by atoms with Gasteiger partial charge in [0.1, 0.15) is 11.5 Å². The van der Waals surface area contributed by atoms with Gasteiger partial charge in [-0.3, -0.25) is 0 Å². The number of alkyl halides is 2. The zero-order valence-electron chi connectivity index (χ0n) is 16.6. The molecule has 1 N–H and O–H groups in total. The molecule has 0 atom stereocenters. The summed E-state index contributed by atoms with van der Waals surface area (Å²) in [5, 5.41) is 10.1. The van der Waals surface area contributed by atoms with E-state index < -0.39 is 12.6 Å². The smallest absolute Gasteiger partial charge is 0.387 e. The quantitative estimate of drug-likeness (QED) is 0.391. The van der Waals surface area contributed by atoms with Crippen LogP contribution in [0.4, 0.5) is 8.78 Å². The van der Waals surface area contributed by atoms with Crippen molar-refractivity contribution in [3.63, 3.8) is 0 Å². The minimum Gasteiger partial charge on any atom is -0.478 e. The third-order valence-corrected chi connectivity index (χ3v) is 4.93. The first-order chi connectivity index (χ1) is 14.9. The largest absolute Gasteiger partial charge is 0.478 e. The molecule has 1 aromatic heterocycles. The van der Waals surface area contributed by atoms with E-state index in [1.807, 2.05) is 41.8 Å². The number of hydrogen-bond donors (Lipinski definition) is 1. The second-order valence-electron chi connectivity index (χ2n) is 6.99. The molecule has 1 heterocycles. The first kappa shape index (κ1) is 20.4. The van der Waals surface area contributed by atoms with Crippen LogP contribution in [0.3, 0.4) is 0 Å². The van der Waals surface area contributed by atoms with Crippen LogP contribution in [-0.4, -0.2) is 22.3 Å². The van der Waals surface area contributed by atoms with Gasteiger partial charge in [0.2, 0.25) is 5.88 Å². The highest BCUT2D eigenvalue weighted by molar-refractivity contribution is 5.96. The van der Waals surface area contributed by atoms with Crippen LogP contribution in [0.25, 0.3) is 10.9 Å². The van der Waals surface area contributed by atoms with Crippen LogP contribution in [-0.2, 0) is 6.54 Å². The van der Waals surface area contributed by atoms with Crippen molar-refractivity contribution in [2.45, 2.75) is 20.1 Å². The maximum absolute atomic E-state index is 12.6. The second-order valence-corrected chi connectivity index (χ2v) is 6.99. The van der Waals surface area contributed by atoms with Crippen molar-refractivity contribution in [3.05, 3.63) is 89.5 Å². The Morgan fingerprint density at radius 2 is 1.74 bits per heavy atom. The van der Waals surface area contributed by atoms with Gasteiger partial charge in [-0.05, 0) is 55.0 Å². The molecule has 0 fully saturated rings. The molecule has 0 saturated heterocycles. The summed E-state index contributed by atoms with van der Waals surface area (Å²) in [6.07, 6.45) is 0. The third kappa shape index (κ3) is 4.35. The minimum absolute atomic E-state index is 0.0689. The predicted molar refractivity (Wildman–Crippen MR) is 112 cm³/mol. The van der Waals surface area contributed by atoms with Crippen molar-refractivity contribution in [2.75, 3.05) is 0 Å². The summed E-state index contributed by atoms with van der Waals surface area (Å²) in [5.74, 6) is 0.225. The number of aryl methyl sites for hydroxylation is 1. The fraction of sp³-hybridized carbons (Fsp3) is 0.125. The topological polar surface area (TPSA) is 60.7 Å². The van der Waals surface area contributed by atoms with Crippen LogP contribution >= 0.6 is 0 Å². The molecule has 0 aliphatic carbocycles. The Balaban J connectivity index is 1.82. The normalized spacial score (nSPS) is 11.1. The number of halogens is 2. The van der Waals surface area contributed by atoms with Gasteiger partial charge >= 0.3 is 12.6 Å². The minimum atomic E-state index is -2.91. The highest BCUT2D eigenvalue weighted by atomic mass is 19.3. The van der Waals surface area contributed by atoms with Gasteiger partial charge in [0, 0.05) is 10.9 Å². The molecule has 0 radical (unpaired) electrons. The summed E-state index contributed by atoms with van der Waals surface area (Å²) >= 11 is 0. The maximum Gasteiger partial charge on any atom is 0.387 e. The lowest BCUT2D eigenvalue weighted by atomic mass is 10.1. The van der Waals surface area contributed by atoms with Crippen molar-refractivity contribution in [1.82, 2.24) is 4.57 Å². The number of benzene rings is 3. The van der Waals surface area contributed by atoms with E-state index in [-0.39, 0.29) is 11.3 Å². The summed E-state index contributed by atoms with van der Waals surface area (Å²) in [4.78, 5) is 11.4. The van der Waals surface area contributed by atoms with E-state index in [0.717, 1.165) is 22.0 Å². The summed E-state index contributed by atoms with van der Waals surface area (Å²) in [5.41, 5.74) is 2.46. The Labute approximate surface area is 177 Å². The van der Waals surface area contributed by atoms with Crippen molar-refractivity contribution in [2.24, 2.45) is 0 Å². The number of carboxylic acids is 1. The van der Waals surface area contributed by atoms with E-state index in [2.05, 4.69) is 4.74 Å². The van der Waals surface area contributed by atoms with Crippen molar-refractivity contribution in [1.29, 1.82) is 0 Å².